The van der Waals surface area contributed by atoms with Crippen molar-refractivity contribution in [2.75, 3.05) is 12.3 Å². The molecule has 1 amide bonds. The van der Waals surface area contributed by atoms with Crippen molar-refractivity contribution in [2.45, 2.75) is 59.0 Å². The topological polar surface area (TPSA) is 64.2 Å². The Morgan fingerprint density at radius 1 is 1.50 bits per heavy atom. The fraction of sp³-hybridized carbons (Fsp3) is 0.733. The van der Waals surface area contributed by atoms with Gasteiger partial charge in [0.2, 0.25) is 0 Å². The normalized spacial score (nSPS) is 16.0. The van der Waals surface area contributed by atoms with Gasteiger partial charge in [-0.2, -0.15) is 5.10 Å². The van der Waals surface area contributed by atoms with E-state index in [2.05, 4.69) is 18.9 Å². The molecule has 0 radical (unpaired) electrons. The van der Waals surface area contributed by atoms with Crippen LogP contribution in [0.2, 0.25) is 0 Å². The molecule has 1 aliphatic carbocycles. The van der Waals surface area contributed by atoms with Crippen LogP contribution in [0.3, 0.4) is 0 Å². The van der Waals surface area contributed by atoms with E-state index in [1.54, 1.807) is 10.9 Å². The smallest absolute Gasteiger partial charge is 0.274 e. The Morgan fingerprint density at radius 2 is 2.15 bits per heavy atom. The van der Waals surface area contributed by atoms with Gasteiger partial charge in [-0.05, 0) is 25.7 Å². The lowest BCUT2D eigenvalue weighted by atomic mass is 10.1. The molecular formula is C15H26N4O. The van der Waals surface area contributed by atoms with Gasteiger partial charge in [0.15, 0.2) is 0 Å². The predicted molar refractivity (Wildman–Crippen MR) is 80.4 cm³/mol. The summed E-state index contributed by atoms with van der Waals surface area (Å²) in [4.78, 5) is 14.9. The monoisotopic (exact) mass is 278 g/mol. The minimum atomic E-state index is 0.0439. The van der Waals surface area contributed by atoms with Crippen molar-refractivity contribution in [1.29, 1.82) is 0 Å². The van der Waals surface area contributed by atoms with Crippen molar-refractivity contribution in [2.24, 2.45) is 5.92 Å². The minimum Gasteiger partial charge on any atom is -0.396 e. The van der Waals surface area contributed by atoms with Crippen LogP contribution < -0.4 is 5.73 Å². The lowest BCUT2D eigenvalue weighted by Gasteiger charge is -2.31. The average molecular weight is 278 g/mol. The molecule has 0 spiro atoms. The van der Waals surface area contributed by atoms with Crippen LogP contribution in [-0.2, 0) is 6.54 Å². The van der Waals surface area contributed by atoms with Crippen molar-refractivity contribution in [3.05, 3.63) is 11.9 Å². The Bertz CT molecular complexity index is 460. The van der Waals surface area contributed by atoms with E-state index in [1.807, 2.05) is 11.8 Å². The number of nitrogen functional groups attached to an aromatic ring is 1. The van der Waals surface area contributed by atoms with Gasteiger partial charge < -0.3 is 10.6 Å². The van der Waals surface area contributed by atoms with Crippen LogP contribution in [0.5, 0.6) is 0 Å². The fourth-order valence-electron chi connectivity index (χ4n) is 3.02. The summed E-state index contributed by atoms with van der Waals surface area (Å²) in [6.07, 6.45) is 6.24. The van der Waals surface area contributed by atoms with Gasteiger partial charge in [0.1, 0.15) is 5.69 Å². The van der Waals surface area contributed by atoms with Gasteiger partial charge in [0, 0.05) is 19.1 Å². The van der Waals surface area contributed by atoms with E-state index in [-0.39, 0.29) is 5.91 Å². The van der Waals surface area contributed by atoms with Crippen LogP contribution in [0.15, 0.2) is 6.20 Å². The van der Waals surface area contributed by atoms with E-state index < -0.39 is 0 Å². The molecule has 2 rings (SSSR count). The van der Waals surface area contributed by atoms with E-state index in [4.69, 9.17) is 5.73 Å². The minimum absolute atomic E-state index is 0.0439. The second-order valence-electron chi connectivity index (χ2n) is 6.05. The number of aromatic nitrogens is 2. The van der Waals surface area contributed by atoms with Gasteiger partial charge in [0.05, 0.1) is 11.9 Å². The van der Waals surface area contributed by atoms with Crippen LogP contribution in [0.25, 0.3) is 0 Å². The molecule has 1 saturated carbocycles. The zero-order chi connectivity index (χ0) is 14.7. The highest BCUT2D eigenvalue weighted by Crippen LogP contribution is 2.27. The number of hydrogen-bond acceptors (Lipinski definition) is 3. The lowest BCUT2D eigenvalue weighted by molar-refractivity contribution is 0.0644. The number of aryl methyl sites for hydroxylation is 1. The molecule has 20 heavy (non-hydrogen) atoms. The average Bonchev–Trinajstić information content (AvgIpc) is 3.04. The first kappa shape index (κ1) is 14.9. The maximum absolute atomic E-state index is 12.9. The van der Waals surface area contributed by atoms with Gasteiger partial charge in [-0.25, -0.2) is 0 Å². The third kappa shape index (κ3) is 2.97. The summed E-state index contributed by atoms with van der Waals surface area (Å²) in [6, 6.07) is 0.365. The summed E-state index contributed by atoms with van der Waals surface area (Å²) < 4.78 is 1.71. The summed E-state index contributed by atoms with van der Waals surface area (Å²) >= 11 is 0. The second kappa shape index (κ2) is 6.29. The number of amides is 1. The number of nitrogens with two attached hydrogens (primary N) is 1. The molecule has 5 nitrogen and oxygen atoms in total. The van der Waals surface area contributed by atoms with Crippen LogP contribution in [0, 0.1) is 5.92 Å². The van der Waals surface area contributed by atoms with E-state index in [0.29, 0.717) is 29.9 Å². The molecule has 1 aromatic rings. The molecule has 1 aromatic heterocycles. The third-order valence-corrected chi connectivity index (χ3v) is 3.96. The molecule has 1 heterocycles. The van der Waals surface area contributed by atoms with Gasteiger partial charge in [0.25, 0.3) is 5.91 Å². The lowest BCUT2D eigenvalue weighted by Crippen LogP contribution is -2.42. The summed E-state index contributed by atoms with van der Waals surface area (Å²) in [6.45, 7) is 7.73. The Labute approximate surface area is 121 Å². The molecule has 0 atom stereocenters. The zero-order valence-electron chi connectivity index (χ0n) is 12.8. The summed E-state index contributed by atoms with van der Waals surface area (Å²) in [5, 5.41) is 4.19. The summed E-state index contributed by atoms with van der Waals surface area (Å²) in [5.41, 5.74) is 7.00. The van der Waals surface area contributed by atoms with E-state index in [1.165, 1.54) is 12.8 Å². The van der Waals surface area contributed by atoms with Crippen LogP contribution in [0.4, 0.5) is 5.69 Å². The molecular weight excluding hydrogens is 252 g/mol. The van der Waals surface area contributed by atoms with Crippen molar-refractivity contribution in [1.82, 2.24) is 14.7 Å². The standard InChI is InChI=1S/C15H26N4O/c1-4-19-14(13(16)9-17-19)15(20)18(10-11(2)3)12-7-5-6-8-12/h9,11-12H,4-8,10,16H2,1-3H3. The Balaban J connectivity index is 2.27. The Kier molecular flexibility index (Phi) is 4.68. The quantitative estimate of drug-likeness (QED) is 0.900. The van der Waals surface area contributed by atoms with Crippen LogP contribution >= 0.6 is 0 Å². The molecule has 0 aliphatic heterocycles. The number of anilines is 1. The van der Waals surface area contributed by atoms with Gasteiger partial charge >= 0.3 is 0 Å². The van der Waals surface area contributed by atoms with Crippen LogP contribution in [0.1, 0.15) is 56.9 Å². The van der Waals surface area contributed by atoms with Crippen LogP contribution in [-0.4, -0.2) is 33.2 Å². The number of carbonyl (C=O) groups is 1. The second-order valence-corrected chi connectivity index (χ2v) is 6.05. The Hall–Kier alpha value is -1.52. The molecule has 2 N–H and O–H groups in total. The SMILES string of the molecule is CCn1ncc(N)c1C(=O)N(CC(C)C)C1CCCC1. The molecule has 0 unspecified atom stereocenters. The largest absolute Gasteiger partial charge is 0.396 e. The van der Waals surface area contributed by atoms with Crippen molar-refractivity contribution in [3.63, 3.8) is 0 Å². The number of rotatable bonds is 5. The van der Waals surface area contributed by atoms with Gasteiger partial charge in [-0.3, -0.25) is 9.48 Å². The van der Waals surface area contributed by atoms with Gasteiger partial charge in [-0.15, -0.1) is 0 Å². The van der Waals surface area contributed by atoms with Crippen molar-refractivity contribution >= 4 is 11.6 Å². The molecule has 0 aromatic carbocycles. The fourth-order valence-corrected chi connectivity index (χ4v) is 3.02. The highest BCUT2D eigenvalue weighted by Gasteiger charge is 2.30. The molecule has 0 bridgehead atoms. The van der Waals surface area contributed by atoms with Crippen molar-refractivity contribution in [3.8, 4) is 0 Å². The van der Waals surface area contributed by atoms with E-state index in [9.17, 15) is 4.79 Å². The molecule has 1 aliphatic rings. The first-order valence-corrected chi connectivity index (χ1v) is 7.66. The highest BCUT2D eigenvalue weighted by atomic mass is 16.2. The maximum atomic E-state index is 12.9. The third-order valence-electron chi connectivity index (χ3n) is 3.96. The molecule has 112 valence electrons. The van der Waals surface area contributed by atoms with E-state index in [0.717, 1.165) is 19.4 Å². The van der Waals surface area contributed by atoms with Gasteiger partial charge in [-0.1, -0.05) is 26.7 Å². The molecule has 1 fully saturated rings. The zero-order valence-corrected chi connectivity index (χ0v) is 12.8. The Morgan fingerprint density at radius 3 is 2.70 bits per heavy atom. The number of nitrogens with zero attached hydrogens (tertiary/aromatic N) is 3. The highest BCUT2D eigenvalue weighted by molar-refractivity contribution is 5.97. The number of hydrogen-bond donors (Lipinski definition) is 1. The molecule has 5 heteroatoms. The summed E-state index contributed by atoms with van der Waals surface area (Å²) in [5.74, 6) is 0.501. The first-order chi connectivity index (χ1) is 9.54. The molecule has 0 saturated heterocycles. The van der Waals surface area contributed by atoms with E-state index >= 15 is 0 Å². The maximum Gasteiger partial charge on any atom is 0.274 e. The predicted octanol–water partition coefficient (Wildman–Crippen LogP) is 2.53. The first-order valence-electron chi connectivity index (χ1n) is 7.66. The number of carbonyl (C=O) groups excluding carboxylic acids is 1. The summed E-state index contributed by atoms with van der Waals surface area (Å²) in [7, 11) is 0. The van der Waals surface area contributed by atoms with Crippen molar-refractivity contribution < 1.29 is 4.79 Å².